The van der Waals surface area contributed by atoms with E-state index >= 15 is 0 Å². The molecule has 84 valence electrons. The van der Waals surface area contributed by atoms with Crippen LogP contribution in [0.3, 0.4) is 0 Å². The molecule has 16 heavy (non-hydrogen) atoms. The van der Waals surface area contributed by atoms with Crippen LogP contribution < -0.4 is 4.74 Å². The predicted molar refractivity (Wildman–Crippen MR) is 52.3 cm³/mol. The highest BCUT2D eigenvalue weighted by Gasteiger charge is 2.31. The summed E-state index contributed by atoms with van der Waals surface area (Å²) in [6, 6.07) is 8.51. The topological polar surface area (TPSA) is 29.5 Å². The van der Waals surface area contributed by atoms with Crippen LogP contribution >= 0.6 is 0 Å². The van der Waals surface area contributed by atoms with Crippen molar-refractivity contribution in [3.05, 3.63) is 36.4 Å². The van der Waals surface area contributed by atoms with E-state index in [1.807, 2.05) is 0 Å². The third-order valence-corrected chi connectivity index (χ3v) is 2.06. The van der Waals surface area contributed by atoms with E-state index in [-0.39, 0.29) is 11.5 Å². The molecule has 2 aromatic carbocycles. The van der Waals surface area contributed by atoms with E-state index in [0.717, 1.165) is 6.07 Å². The molecule has 2 nitrogen and oxygen atoms in total. The van der Waals surface area contributed by atoms with Gasteiger partial charge in [-0.3, -0.25) is 0 Å². The molecule has 0 saturated carbocycles. The maximum absolute atomic E-state index is 12.0. The molecular formula is C11H7F3O2. The fraction of sp³-hybridized carbons (Fsp3) is 0.0909. The molecule has 0 atom stereocenters. The molecule has 2 rings (SSSR count). The maximum Gasteiger partial charge on any atom is 0.573 e. The highest BCUT2D eigenvalue weighted by molar-refractivity contribution is 5.89. The van der Waals surface area contributed by atoms with Gasteiger partial charge in [0.15, 0.2) is 0 Å². The summed E-state index contributed by atoms with van der Waals surface area (Å²) in [6.07, 6.45) is -4.72. The number of phenols is 1. The van der Waals surface area contributed by atoms with Gasteiger partial charge in [-0.2, -0.15) is 0 Å². The van der Waals surface area contributed by atoms with E-state index in [4.69, 9.17) is 0 Å². The van der Waals surface area contributed by atoms with Gasteiger partial charge in [0.25, 0.3) is 0 Å². The molecule has 5 heteroatoms. The smallest absolute Gasteiger partial charge is 0.507 e. The molecule has 0 aliphatic rings. The van der Waals surface area contributed by atoms with Crippen molar-refractivity contribution >= 4 is 10.8 Å². The van der Waals surface area contributed by atoms with E-state index in [0.29, 0.717) is 10.8 Å². The molecule has 0 radical (unpaired) electrons. The molecule has 0 amide bonds. The van der Waals surface area contributed by atoms with Gasteiger partial charge in [-0.25, -0.2) is 0 Å². The van der Waals surface area contributed by atoms with Gasteiger partial charge in [0.1, 0.15) is 11.5 Å². The summed E-state index contributed by atoms with van der Waals surface area (Å²) in [4.78, 5) is 0. The van der Waals surface area contributed by atoms with E-state index < -0.39 is 6.36 Å². The summed E-state index contributed by atoms with van der Waals surface area (Å²) in [6.45, 7) is 0. The van der Waals surface area contributed by atoms with Crippen LogP contribution in [0.2, 0.25) is 0 Å². The number of hydrogen-bond donors (Lipinski definition) is 1. The minimum absolute atomic E-state index is 0.0786. The van der Waals surface area contributed by atoms with Crippen molar-refractivity contribution in [3.63, 3.8) is 0 Å². The van der Waals surface area contributed by atoms with Gasteiger partial charge in [0.05, 0.1) is 0 Å². The second-order valence-electron chi connectivity index (χ2n) is 3.21. The molecule has 0 aliphatic carbocycles. The molecule has 0 spiro atoms. The first-order chi connectivity index (χ1) is 7.46. The van der Waals surface area contributed by atoms with Gasteiger partial charge in [-0.1, -0.05) is 18.2 Å². The van der Waals surface area contributed by atoms with Crippen molar-refractivity contribution in [2.24, 2.45) is 0 Å². The van der Waals surface area contributed by atoms with Crippen molar-refractivity contribution in [3.8, 4) is 11.5 Å². The summed E-state index contributed by atoms with van der Waals surface area (Å²) in [5, 5.41) is 10.4. The molecule has 0 unspecified atom stereocenters. The quantitative estimate of drug-likeness (QED) is 0.810. The van der Waals surface area contributed by atoms with E-state index in [1.54, 1.807) is 12.1 Å². The van der Waals surface area contributed by atoms with Gasteiger partial charge < -0.3 is 9.84 Å². The van der Waals surface area contributed by atoms with Crippen LogP contribution in [0, 0.1) is 0 Å². The lowest BCUT2D eigenvalue weighted by Gasteiger charge is -2.09. The number of halogens is 3. The van der Waals surface area contributed by atoms with Crippen LogP contribution in [0.25, 0.3) is 10.8 Å². The number of aromatic hydroxyl groups is 1. The normalized spacial score (nSPS) is 11.7. The van der Waals surface area contributed by atoms with Crippen molar-refractivity contribution in [2.45, 2.75) is 6.36 Å². The Kier molecular flexibility index (Phi) is 2.38. The van der Waals surface area contributed by atoms with Gasteiger partial charge in [-0.05, 0) is 23.6 Å². The molecular weight excluding hydrogens is 221 g/mol. The molecule has 2 aromatic rings. The Labute approximate surface area is 88.9 Å². The summed E-state index contributed by atoms with van der Waals surface area (Å²) in [5.74, 6) is -0.424. The minimum atomic E-state index is -4.72. The van der Waals surface area contributed by atoms with E-state index in [9.17, 15) is 18.3 Å². The SMILES string of the molecule is Oc1cccc2ccc(OC(F)(F)F)cc12. The first-order valence-corrected chi connectivity index (χ1v) is 4.43. The first-order valence-electron chi connectivity index (χ1n) is 4.43. The Morgan fingerprint density at radius 1 is 1.06 bits per heavy atom. The molecule has 0 fully saturated rings. The van der Waals surface area contributed by atoms with E-state index in [1.165, 1.54) is 18.2 Å². The fourth-order valence-corrected chi connectivity index (χ4v) is 1.43. The zero-order chi connectivity index (χ0) is 11.8. The number of alkyl halides is 3. The van der Waals surface area contributed by atoms with Crippen molar-refractivity contribution in [2.75, 3.05) is 0 Å². The van der Waals surface area contributed by atoms with Crippen LogP contribution in [-0.2, 0) is 0 Å². The highest BCUT2D eigenvalue weighted by Crippen LogP contribution is 2.30. The third kappa shape index (κ3) is 2.18. The first kappa shape index (κ1) is 10.6. The maximum atomic E-state index is 12.0. The standard InChI is InChI=1S/C11H7F3O2/c12-11(13,14)16-8-5-4-7-2-1-3-10(15)9(7)6-8/h1-6,15H. The molecule has 0 saturated heterocycles. The predicted octanol–water partition coefficient (Wildman–Crippen LogP) is 3.44. The zero-order valence-electron chi connectivity index (χ0n) is 7.95. The second-order valence-corrected chi connectivity index (χ2v) is 3.21. The number of fused-ring (bicyclic) bond motifs is 1. The summed E-state index contributed by atoms with van der Waals surface area (Å²) in [7, 11) is 0. The number of hydrogen-bond acceptors (Lipinski definition) is 2. The van der Waals surface area contributed by atoms with Crippen molar-refractivity contribution < 1.29 is 23.0 Å². The van der Waals surface area contributed by atoms with Crippen LogP contribution in [0.4, 0.5) is 13.2 Å². The Balaban J connectivity index is 2.47. The van der Waals surface area contributed by atoms with Crippen LogP contribution in [0.1, 0.15) is 0 Å². The average molecular weight is 228 g/mol. The van der Waals surface area contributed by atoms with Gasteiger partial charge >= 0.3 is 6.36 Å². The van der Waals surface area contributed by atoms with Gasteiger partial charge in [-0.15, -0.1) is 13.2 Å². The summed E-state index contributed by atoms with van der Waals surface area (Å²) < 4.78 is 39.6. The lowest BCUT2D eigenvalue weighted by molar-refractivity contribution is -0.274. The number of benzene rings is 2. The summed E-state index contributed by atoms with van der Waals surface area (Å²) in [5.41, 5.74) is 0. The van der Waals surface area contributed by atoms with E-state index in [2.05, 4.69) is 4.74 Å². The largest absolute Gasteiger partial charge is 0.573 e. The molecule has 0 bridgehead atoms. The minimum Gasteiger partial charge on any atom is -0.507 e. The monoisotopic (exact) mass is 228 g/mol. The van der Waals surface area contributed by atoms with Crippen molar-refractivity contribution in [1.82, 2.24) is 0 Å². The second kappa shape index (κ2) is 3.59. The Hall–Kier alpha value is -1.91. The van der Waals surface area contributed by atoms with Gasteiger partial charge in [0.2, 0.25) is 0 Å². The molecule has 0 heterocycles. The number of ether oxygens (including phenoxy) is 1. The summed E-state index contributed by atoms with van der Waals surface area (Å²) >= 11 is 0. The Morgan fingerprint density at radius 3 is 2.50 bits per heavy atom. The lowest BCUT2D eigenvalue weighted by atomic mass is 10.1. The number of rotatable bonds is 1. The molecule has 1 N–H and O–H groups in total. The van der Waals surface area contributed by atoms with Crippen LogP contribution in [-0.4, -0.2) is 11.5 Å². The van der Waals surface area contributed by atoms with Crippen molar-refractivity contribution in [1.29, 1.82) is 0 Å². The van der Waals surface area contributed by atoms with Crippen LogP contribution in [0.15, 0.2) is 36.4 Å². The van der Waals surface area contributed by atoms with Gasteiger partial charge in [0, 0.05) is 5.39 Å². The highest BCUT2D eigenvalue weighted by atomic mass is 19.4. The Morgan fingerprint density at radius 2 is 1.81 bits per heavy atom. The average Bonchev–Trinajstić information content (AvgIpc) is 2.17. The van der Waals surface area contributed by atoms with Crippen LogP contribution in [0.5, 0.6) is 11.5 Å². The zero-order valence-corrected chi connectivity index (χ0v) is 7.95. The molecule has 0 aliphatic heterocycles. The molecule has 0 aromatic heterocycles. The number of phenolic OH excluding ortho intramolecular Hbond substituents is 1. The fourth-order valence-electron chi connectivity index (χ4n) is 1.43. The lowest BCUT2D eigenvalue weighted by Crippen LogP contribution is -2.16. The Bertz CT molecular complexity index is 520. The third-order valence-electron chi connectivity index (χ3n) is 2.06.